The molecule has 2 aromatic carbocycles. The third kappa shape index (κ3) is 5.02. The molecule has 28 heavy (non-hydrogen) atoms. The number of hydrazine groups is 1. The lowest BCUT2D eigenvalue weighted by Gasteiger charge is -2.13. The first-order chi connectivity index (χ1) is 13.4. The van der Waals surface area contributed by atoms with Crippen molar-refractivity contribution in [2.45, 2.75) is 19.8 Å². The maximum absolute atomic E-state index is 13.5. The SMILES string of the molecule is CCOc1ccccc1OCCCC(=O)NNc1c(F)c(F)c(F)c(F)c1F. The molecule has 0 aliphatic rings. The molecule has 152 valence electrons. The minimum Gasteiger partial charge on any atom is -0.490 e. The molecule has 0 unspecified atom stereocenters. The number of hydrogen-bond donors (Lipinski definition) is 2. The molecule has 0 aromatic heterocycles. The summed E-state index contributed by atoms with van der Waals surface area (Å²) in [4.78, 5) is 11.7. The van der Waals surface area contributed by atoms with E-state index in [1.807, 2.05) is 12.3 Å². The molecule has 2 rings (SSSR count). The summed E-state index contributed by atoms with van der Waals surface area (Å²) in [5.74, 6) is -10.4. The first-order valence-electron chi connectivity index (χ1n) is 8.27. The Morgan fingerprint density at radius 2 is 1.43 bits per heavy atom. The molecule has 1 amide bonds. The monoisotopic (exact) mass is 404 g/mol. The second-order valence-electron chi connectivity index (χ2n) is 5.45. The Morgan fingerprint density at radius 1 is 0.893 bits per heavy atom. The van der Waals surface area contributed by atoms with Crippen LogP contribution in [-0.4, -0.2) is 19.1 Å². The second kappa shape index (κ2) is 9.77. The van der Waals surface area contributed by atoms with Crippen LogP contribution in [0.15, 0.2) is 24.3 Å². The number of ether oxygens (including phenoxy) is 2. The van der Waals surface area contributed by atoms with Crippen molar-refractivity contribution in [2.24, 2.45) is 0 Å². The molecule has 0 radical (unpaired) electrons. The van der Waals surface area contributed by atoms with E-state index in [1.54, 1.807) is 29.7 Å². The van der Waals surface area contributed by atoms with E-state index in [2.05, 4.69) is 0 Å². The first-order valence-corrected chi connectivity index (χ1v) is 8.27. The summed E-state index contributed by atoms with van der Waals surface area (Å²) in [7, 11) is 0. The zero-order chi connectivity index (χ0) is 20.7. The van der Waals surface area contributed by atoms with Gasteiger partial charge in [0.25, 0.3) is 0 Å². The van der Waals surface area contributed by atoms with Crippen LogP contribution in [0, 0.1) is 29.1 Å². The van der Waals surface area contributed by atoms with Crippen molar-refractivity contribution in [2.75, 3.05) is 18.6 Å². The minimum absolute atomic E-state index is 0.126. The van der Waals surface area contributed by atoms with Crippen molar-refractivity contribution in [1.29, 1.82) is 0 Å². The Balaban J connectivity index is 1.83. The molecule has 0 fully saturated rings. The van der Waals surface area contributed by atoms with E-state index in [0.29, 0.717) is 18.1 Å². The highest BCUT2D eigenvalue weighted by atomic mass is 19.2. The van der Waals surface area contributed by atoms with Gasteiger partial charge in [0.05, 0.1) is 13.2 Å². The molecule has 0 heterocycles. The minimum atomic E-state index is -2.28. The van der Waals surface area contributed by atoms with Crippen LogP contribution in [0.25, 0.3) is 0 Å². The van der Waals surface area contributed by atoms with Crippen molar-refractivity contribution in [3.8, 4) is 11.5 Å². The smallest absolute Gasteiger partial charge is 0.238 e. The Hall–Kier alpha value is -3.04. The van der Waals surface area contributed by atoms with Crippen LogP contribution in [-0.2, 0) is 4.79 Å². The Kier molecular flexibility index (Phi) is 7.42. The Morgan fingerprint density at radius 3 is 2.00 bits per heavy atom. The lowest BCUT2D eigenvalue weighted by Crippen LogP contribution is -2.31. The van der Waals surface area contributed by atoms with Gasteiger partial charge in [0.15, 0.2) is 34.8 Å². The topological polar surface area (TPSA) is 59.6 Å². The van der Waals surface area contributed by atoms with Crippen molar-refractivity contribution in [3.63, 3.8) is 0 Å². The van der Waals surface area contributed by atoms with Gasteiger partial charge >= 0.3 is 0 Å². The van der Waals surface area contributed by atoms with E-state index in [1.165, 1.54) is 0 Å². The van der Waals surface area contributed by atoms with Crippen molar-refractivity contribution >= 4 is 11.6 Å². The molecule has 10 heteroatoms. The number of nitrogens with one attached hydrogen (secondary N) is 2. The van der Waals surface area contributed by atoms with Gasteiger partial charge in [-0.2, -0.15) is 0 Å². The van der Waals surface area contributed by atoms with Crippen LogP contribution >= 0.6 is 0 Å². The van der Waals surface area contributed by atoms with Crippen LogP contribution in [0.3, 0.4) is 0 Å². The number of carbonyl (C=O) groups is 1. The van der Waals surface area contributed by atoms with Crippen molar-refractivity contribution < 1.29 is 36.2 Å². The van der Waals surface area contributed by atoms with Gasteiger partial charge in [-0.15, -0.1) is 0 Å². The summed E-state index contributed by atoms with van der Waals surface area (Å²) >= 11 is 0. The predicted octanol–water partition coefficient (Wildman–Crippen LogP) is 4.08. The molecule has 0 aliphatic carbocycles. The van der Waals surface area contributed by atoms with E-state index in [0.717, 1.165) is 0 Å². The predicted molar refractivity (Wildman–Crippen MR) is 90.3 cm³/mol. The number of hydrogen-bond acceptors (Lipinski definition) is 4. The molecular weight excluding hydrogens is 387 g/mol. The van der Waals surface area contributed by atoms with Crippen molar-refractivity contribution in [3.05, 3.63) is 53.4 Å². The third-order valence-electron chi connectivity index (χ3n) is 3.49. The Labute approximate surface area is 157 Å². The summed E-state index contributed by atoms with van der Waals surface area (Å²) in [6, 6.07) is 6.93. The molecule has 5 nitrogen and oxygen atoms in total. The fourth-order valence-corrected chi connectivity index (χ4v) is 2.17. The third-order valence-corrected chi connectivity index (χ3v) is 3.49. The second-order valence-corrected chi connectivity index (χ2v) is 5.45. The normalized spacial score (nSPS) is 10.5. The number of anilines is 1. The lowest BCUT2D eigenvalue weighted by molar-refractivity contribution is -0.120. The molecule has 0 saturated carbocycles. The number of halogens is 5. The van der Waals surface area contributed by atoms with Crippen LogP contribution in [0.1, 0.15) is 19.8 Å². The summed E-state index contributed by atoms with van der Waals surface area (Å²) in [6.07, 6.45) is 0.101. The van der Waals surface area contributed by atoms with E-state index >= 15 is 0 Å². The molecule has 0 spiro atoms. The average molecular weight is 404 g/mol. The molecule has 0 bridgehead atoms. The zero-order valence-electron chi connectivity index (χ0n) is 14.8. The van der Waals surface area contributed by atoms with Crippen LogP contribution in [0.5, 0.6) is 11.5 Å². The highest BCUT2D eigenvalue weighted by Crippen LogP contribution is 2.27. The maximum atomic E-state index is 13.5. The molecule has 2 N–H and O–H groups in total. The zero-order valence-corrected chi connectivity index (χ0v) is 14.8. The summed E-state index contributed by atoms with van der Waals surface area (Å²) in [5.41, 5.74) is 2.26. The number of amides is 1. The van der Waals surface area contributed by atoms with Gasteiger partial charge in [-0.1, -0.05) is 12.1 Å². The van der Waals surface area contributed by atoms with Crippen LogP contribution < -0.4 is 20.3 Å². The molecule has 0 aliphatic heterocycles. The molecule has 0 atom stereocenters. The molecule has 0 saturated heterocycles. The summed E-state index contributed by atoms with van der Waals surface area (Å²) in [6.45, 7) is 2.41. The molecule has 2 aromatic rings. The highest BCUT2D eigenvalue weighted by molar-refractivity contribution is 5.77. The maximum Gasteiger partial charge on any atom is 0.238 e. The van der Waals surface area contributed by atoms with Crippen molar-refractivity contribution in [1.82, 2.24) is 5.43 Å². The van der Waals surface area contributed by atoms with Crippen LogP contribution in [0.4, 0.5) is 27.6 Å². The van der Waals surface area contributed by atoms with Gasteiger partial charge in [-0.3, -0.25) is 15.6 Å². The van der Waals surface area contributed by atoms with E-state index < -0.39 is 40.7 Å². The average Bonchev–Trinajstić information content (AvgIpc) is 2.69. The van der Waals surface area contributed by atoms with E-state index in [9.17, 15) is 26.7 Å². The van der Waals surface area contributed by atoms with Gasteiger partial charge in [0.1, 0.15) is 5.69 Å². The molecular formula is C18H17F5N2O3. The Bertz CT molecular complexity index is 819. The number of benzene rings is 2. The van der Waals surface area contributed by atoms with Gasteiger partial charge in [0, 0.05) is 6.42 Å². The van der Waals surface area contributed by atoms with Gasteiger partial charge < -0.3 is 9.47 Å². The van der Waals surface area contributed by atoms with Gasteiger partial charge in [-0.25, -0.2) is 22.0 Å². The standard InChI is InChI=1S/C18H17F5N2O3/c1-2-27-10-6-3-4-7-11(10)28-9-5-8-12(26)24-25-18-16(22)14(20)13(19)15(21)17(18)23/h3-4,6-7,25H,2,5,8-9H2,1H3,(H,24,26). The largest absolute Gasteiger partial charge is 0.490 e. The summed E-state index contributed by atoms with van der Waals surface area (Å²) in [5, 5.41) is 0. The van der Waals surface area contributed by atoms with Gasteiger partial charge in [0.2, 0.25) is 11.7 Å². The quantitative estimate of drug-likeness (QED) is 0.217. The number of para-hydroxylation sites is 2. The van der Waals surface area contributed by atoms with Gasteiger partial charge in [-0.05, 0) is 25.5 Å². The summed E-state index contributed by atoms with van der Waals surface area (Å²) < 4.78 is 77.0. The first kappa shape index (κ1) is 21.3. The fourth-order valence-electron chi connectivity index (χ4n) is 2.17. The van der Waals surface area contributed by atoms with E-state index in [-0.39, 0.29) is 19.4 Å². The fraction of sp³-hybridized carbons (Fsp3) is 0.278. The van der Waals surface area contributed by atoms with E-state index in [4.69, 9.17) is 9.47 Å². The van der Waals surface area contributed by atoms with Crippen LogP contribution in [0.2, 0.25) is 0 Å². The highest BCUT2D eigenvalue weighted by Gasteiger charge is 2.25. The number of carbonyl (C=O) groups excluding carboxylic acids is 1. The lowest BCUT2D eigenvalue weighted by atomic mass is 10.2. The number of rotatable bonds is 9.